The summed E-state index contributed by atoms with van der Waals surface area (Å²) in [7, 11) is 2.15. The van der Waals surface area contributed by atoms with Gasteiger partial charge in [0, 0.05) is 5.92 Å². The maximum atomic E-state index is 10.9. The maximum absolute atomic E-state index is 10.9. The number of hydrogen-bond acceptors (Lipinski definition) is 4. The van der Waals surface area contributed by atoms with Crippen LogP contribution in [0.25, 0.3) is 5.65 Å². The number of piperidine rings is 1. The van der Waals surface area contributed by atoms with Crippen LogP contribution in [0.1, 0.15) is 34.9 Å². The first-order valence-corrected chi connectivity index (χ1v) is 6.26. The molecule has 0 aliphatic carbocycles. The molecule has 3 rings (SSSR count). The lowest BCUT2D eigenvalue weighted by atomic mass is 9.94. The van der Waals surface area contributed by atoms with Crippen LogP contribution in [0.4, 0.5) is 0 Å². The van der Waals surface area contributed by atoms with Gasteiger partial charge in [0.1, 0.15) is 5.69 Å². The summed E-state index contributed by atoms with van der Waals surface area (Å²) >= 11 is 0. The number of aldehydes is 1. The van der Waals surface area contributed by atoms with E-state index in [-0.39, 0.29) is 0 Å². The van der Waals surface area contributed by atoms with E-state index >= 15 is 0 Å². The fourth-order valence-corrected chi connectivity index (χ4v) is 2.51. The van der Waals surface area contributed by atoms with Crippen LogP contribution in [0.2, 0.25) is 0 Å². The Morgan fingerprint density at radius 2 is 2.11 bits per heavy atom. The van der Waals surface area contributed by atoms with E-state index in [1.54, 1.807) is 10.7 Å². The van der Waals surface area contributed by atoms with Crippen LogP contribution in [-0.4, -0.2) is 45.9 Å². The first-order chi connectivity index (χ1) is 8.78. The third-order valence-electron chi connectivity index (χ3n) is 3.67. The van der Waals surface area contributed by atoms with Crippen molar-refractivity contribution in [3.05, 3.63) is 29.7 Å². The molecule has 1 fully saturated rings. The Morgan fingerprint density at radius 1 is 1.33 bits per heavy atom. The van der Waals surface area contributed by atoms with Crippen molar-refractivity contribution in [2.24, 2.45) is 0 Å². The van der Waals surface area contributed by atoms with Gasteiger partial charge in [0.15, 0.2) is 11.9 Å². The van der Waals surface area contributed by atoms with Crippen molar-refractivity contribution in [1.29, 1.82) is 0 Å². The number of imidazole rings is 1. The van der Waals surface area contributed by atoms with E-state index in [4.69, 9.17) is 0 Å². The topological polar surface area (TPSA) is 50.5 Å². The van der Waals surface area contributed by atoms with Crippen LogP contribution in [0.5, 0.6) is 0 Å². The van der Waals surface area contributed by atoms with E-state index in [1.807, 2.05) is 12.1 Å². The van der Waals surface area contributed by atoms with Gasteiger partial charge < -0.3 is 4.90 Å². The average molecular weight is 244 g/mol. The summed E-state index contributed by atoms with van der Waals surface area (Å²) in [5, 5.41) is 4.56. The highest BCUT2D eigenvalue weighted by molar-refractivity contribution is 5.73. The second-order valence-electron chi connectivity index (χ2n) is 4.91. The second-order valence-corrected chi connectivity index (χ2v) is 4.91. The van der Waals surface area contributed by atoms with Crippen LogP contribution >= 0.6 is 0 Å². The molecule has 2 aromatic rings. The van der Waals surface area contributed by atoms with Crippen molar-refractivity contribution in [2.75, 3.05) is 20.1 Å². The van der Waals surface area contributed by atoms with Crippen LogP contribution < -0.4 is 0 Å². The molecular formula is C13H16N4O. The Bertz CT molecular complexity index is 569. The van der Waals surface area contributed by atoms with Crippen molar-refractivity contribution < 1.29 is 4.79 Å². The Labute approximate surface area is 105 Å². The molecule has 1 saturated heterocycles. The van der Waals surface area contributed by atoms with Gasteiger partial charge in [-0.05, 0) is 45.1 Å². The molecule has 0 unspecified atom stereocenters. The van der Waals surface area contributed by atoms with E-state index in [1.165, 1.54) is 0 Å². The lowest BCUT2D eigenvalue weighted by Crippen LogP contribution is -2.29. The number of carbonyl (C=O) groups is 1. The monoisotopic (exact) mass is 244 g/mol. The molecule has 0 saturated carbocycles. The maximum Gasteiger partial charge on any atom is 0.170 e. The van der Waals surface area contributed by atoms with Gasteiger partial charge in [-0.15, -0.1) is 0 Å². The summed E-state index contributed by atoms with van der Waals surface area (Å²) in [6.45, 7) is 2.21. The molecule has 0 amide bonds. The number of hydrogen-bond donors (Lipinski definition) is 0. The molecule has 0 atom stereocenters. The minimum Gasteiger partial charge on any atom is -0.306 e. The van der Waals surface area contributed by atoms with Crippen molar-refractivity contribution in [1.82, 2.24) is 19.5 Å². The van der Waals surface area contributed by atoms with Crippen LogP contribution in [0.3, 0.4) is 0 Å². The minimum absolute atomic E-state index is 0.493. The molecule has 94 valence electrons. The molecule has 1 aliphatic heterocycles. The fourth-order valence-electron chi connectivity index (χ4n) is 2.51. The number of fused-ring (bicyclic) bond motifs is 1. The summed E-state index contributed by atoms with van der Waals surface area (Å²) in [4.78, 5) is 17.4. The summed E-state index contributed by atoms with van der Waals surface area (Å²) in [6, 6.07) is 3.97. The first kappa shape index (κ1) is 11.3. The van der Waals surface area contributed by atoms with Gasteiger partial charge in [0.25, 0.3) is 0 Å². The standard InChI is InChI=1S/C13H16N4O/c1-16-6-4-10(5-7-16)12-2-3-13-14-8-11(9-18)17(13)15-12/h2-3,8-10H,4-7H2,1H3. The normalized spacial score (nSPS) is 18.3. The van der Waals surface area contributed by atoms with Gasteiger partial charge in [-0.1, -0.05) is 0 Å². The Balaban J connectivity index is 1.94. The van der Waals surface area contributed by atoms with Crippen molar-refractivity contribution in [2.45, 2.75) is 18.8 Å². The third kappa shape index (κ3) is 1.90. The summed E-state index contributed by atoms with van der Waals surface area (Å²) in [5.41, 5.74) is 2.31. The van der Waals surface area contributed by atoms with Gasteiger partial charge in [-0.3, -0.25) is 4.79 Å². The molecule has 1 aliphatic rings. The molecule has 3 heterocycles. The lowest BCUT2D eigenvalue weighted by Gasteiger charge is -2.28. The highest BCUT2D eigenvalue weighted by atomic mass is 16.1. The number of rotatable bonds is 2. The highest BCUT2D eigenvalue weighted by Gasteiger charge is 2.20. The predicted molar refractivity (Wildman–Crippen MR) is 67.8 cm³/mol. The second kappa shape index (κ2) is 4.49. The molecule has 18 heavy (non-hydrogen) atoms. The van der Waals surface area contributed by atoms with Crippen LogP contribution in [0, 0.1) is 0 Å². The molecular weight excluding hydrogens is 228 g/mol. The molecule has 0 N–H and O–H groups in total. The fraction of sp³-hybridized carbons (Fsp3) is 0.462. The molecule has 0 spiro atoms. The van der Waals surface area contributed by atoms with E-state index in [2.05, 4.69) is 22.0 Å². The number of carbonyl (C=O) groups excluding carboxylic acids is 1. The molecule has 5 heteroatoms. The lowest BCUT2D eigenvalue weighted by molar-refractivity contribution is 0.111. The smallest absolute Gasteiger partial charge is 0.170 e. The molecule has 0 bridgehead atoms. The van der Waals surface area contributed by atoms with Crippen LogP contribution in [-0.2, 0) is 0 Å². The average Bonchev–Trinajstić information content (AvgIpc) is 2.81. The zero-order valence-corrected chi connectivity index (χ0v) is 10.4. The van der Waals surface area contributed by atoms with Gasteiger partial charge in [0.05, 0.1) is 11.9 Å². The van der Waals surface area contributed by atoms with Crippen molar-refractivity contribution >= 4 is 11.9 Å². The highest BCUT2D eigenvalue weighted by Crippen LogP contribution is 2.26. The SMILES string of the molecule is CN1CCC(c2ccc3ncc(C=O)n3n2)CC1. The summed E-state index contributed by atoms with van der Waals surface area (Å²) < 4.78 is 1.64. The predicted octanol–water partition coefficient (Wildman–Crippen LogP) is 1.35. The zero-order chi connectivity index (χ0) is 12.5. The molecule has 2 aromatic heterocycles. The third-order valence-corrected chi connectivity index (χ3v) is 3.67. The Morgan fingerprint density at radius 3 is 2.83 bits per heavy atom. The summed E-state index contributed by atoms with van der Waals surface area (Å²) in [5.74, 6) is 0.493. The molecule has 5 nitrogen and oxygen atoms in total. The van der Waals surface area contributed by atoms with Gasteiger partial charge in [-0.25, -0.2) is 9.50 Å². The first-order valence-electron chi connectivity index (χ1n) is 6.26. The van der Waals surface area contributed by atoms with E-state index < -0.39 is 0 Å². The molecule has 0 radical (unpaired) electrons. The van der Waals surface area contributed by atoms with Crippen molar-refractivity contribution in [3.63, 3.8) is 0 Å². The number of likely N-dealkylation sites (tertiary alicyclic amines) is 1. The van der Waals surface area contributed by atoms with Gasteiger partial charge in [0.2, 0.25) is 0 Å². The zero-order valence-electron chi connectivity index (χ0n) is 10.4. The number of aromatic nitrogens is 3. The van der Waals surface area contributed by atoms with Gasteiger partial charge >= 0.3 is 0 Å². The quantitative estimate of drug-likeness (QED) is 0.748. The van der Waals surface area contributed by atoms with E-state index in [0.717, 1.165) is 43.6 Å². The van der Waals surface area contributed by atoms with E-state index in [0.29, 0.717) is 11.6 Å². The largest absolute Gasteiger partial charge is 0.306 e. The van der Waals surface area contributed by atoms with Crippen LogP contribution in [0.15, 0.2) is 18.3 Å². The Hall–Kier alpha value is -1.75. The number of nitrogens with zero attached hydrogens (tertiary/aromatic N) is 4. The van der Waals surface area contributed by atoms with Gasteiger partial charge in [-0.2, -0.15) is 5.10 Å². The molecule has 0 aromatic carbocycles. The van der Waals surface area contributed by atoms with Crippen molar-refractivity contribution in [3.8, 4) is 0 Å². The Kier molecular flexibility index (Phi) is 2.83. The summed E-state index contributed by atoms with van der Waals surface area (Å²) in [6.07, 6.45) is 4.61. The minimum atomic E-state index is 0.493. The van der Waals surface area contributed by atoms with E-state index in [9.17, 15) is 4.79 Å².